The summed E-state index contributed by atoms with van der Waals surface area (Å²) in [5, 5.41) is 5.56. The third-order valence-electron chi connectivity index (χ3n) is 4.66. The van der Waals surface area contributed by atoms with Crippen molar-refractivity contribution in [3.8, 4) is 0 Å². The lowest BCUT2D eigenvalue weighted by molar-refractivity contribution is -0.136. The smallest absolute Gasteiger partial charge is 0.313 e. The van der Waals surface area contributed by atoms with E-state index in [9.17, 15) is 9.59 Å². The van der Waals surface area contributed by atoms with Gasteiger partial charge in [-0.15, -0.1) is 0 Å². The van der Waals surface area contributed by atoms with Gasteiger partial charge in [0.15, 0.2) is 0 Å². The van der Waals surface area contributed by atoms with Gasteiger partial charge in [-0.05, 0) is 55.5 Å². The van der Waals surface area contributed by atoms with Crippen molar-refractivity contribution in [2.24, 2.45) is 0 Å². The molecule has 3 rings (SSSR count). The van der Waals surface area contributed by atoms with Gasteiger partial charge in [-0.2, -0.15) is 0 Å². The van der Waals surface area contributed by atoms with Gasteiger partial charge in [-0.3, -0.25) is 9.59 Å². The van der Waals surface area contributed by atoms with Gasteiger partial charge in [0.25, 0.3) is 0 Å². The van der Waals surface area contributed by atoms with Crippen LogP contribution >= 0.6 is 11.6 Å². The normalized spacial score (nSPS) is 13.4. The third kappa shape index (κ3) is 5.47. The Morgan fingerprint density at radius 3 is 2.37 bits per heavy atom. The van der Waals surface area contributed by atoms with E-state index in [0.717, 1.165) is 25.9 Å². The van der Waals surface area contributed by atoms with Crippen LogP contribution in [-0.2, 0) is 16.0 Å². The monoisotopic (exact) mass is 385 g/mol. The second-order valence-electron chi connectivity index (χ2n) is 6.65. The van der Waals surface area contributed by atoms with E-state index in [4.69, 9.17) is 11.6 Å². The van der Waals surface area contributed by atoms with Crippen LogP contribution in [0.2, 0.25) is 5.02 Å². The van der Waals surface area contributed by atoms with Crippen LogP contribution in [0.4, 0.5) is 11.4 Å². The summed E-state index contributed by atoms with van der Waals surface area (Å²) < 4.78 is 0. The van der Waals surface area contributed by atoms with Gasteiger partial charge in [0.1, 0.15) is 0 Å². The summed E-state index contributed by atoms with van der Waals surface area (Å²) in [6, 6.07) is 15.4. The average Bonchev–Trinajstić information content (AvgIpc) is 3.22. The fraction of sp³-hybridized carbons (Fsp3) is 0.333. The second kappa shape index (κ2) is 9.42. The van der Waals surface area contributed by atoms with Crippen molar-refractivity contribution in [1.29, 1.82) is 0 Å². The van der Waals surface area contributed by atoms with E-state index in [1.807, 2.05) is 0 Å². The molecule has 2 aromatic carbocycles. The van der Waals surface area contributed by atoms with Gasteiger partial charge in [-0.25, -0.2) is 0 Å². The number of anilines is 2. The van der Waals surface area contributed by atoms with Crippen LogP contribution in [0.1, 0.15) is 24.8 Å². The molecule has 2 amide bonds. The van der Waals surface area contributed by atoms with Crippen molar-refractivity contribution in [3.63, 3.8) is 0 Å². The molecular formula is C21H24ClN3O2. The number of nitrogens with zero attached hydrogens (tertiary/aromatic N) is 1. The Bertz CT molecular complexity index is 786. The first kappa shape index (κ1) is 19.2. The summed E-state index contributed by atoms with van der Waals surface area (Å²) in [6.07, 6.45) is 4.16. The summed E-state index contributed by atoms with van der Waals surface area (Å²) in [4.78, 5) is 26.2. The van der Waals surface area contributed by atoms with Crippen LogP contribution in [-0.4, -0.2) is 31.4 Å². The van der Waals surface area contributed by atoms with Gasteiger partial charge in [0, 0.05) is 25.3 Å². The molecule has 0 atom stereocenters. The Kier molecular flexibility index (Phi) is 6.71. The van der Waals surface area contributed by atoms with Gasteiger partial charge in [-0.1, -0.05) is 35.9 Å². The number of carbonyl (C=O) groups is 2. The minimum atomic E-state index is -0.710. The zero-order chi connectivity index (χ0) is 19.1. The highest BCUT2D eigenvalue weighted by Gasteiger charge is 2.14. The van der Waals surface area contributed by atoms with Crippen LogP contribution in [0.5, 0.6) is 0 Å². The van der Waals surface area contributed by atoms with Crippen molar-refractivity contribution in [3.05, 3.63) is 59.1 Å². The van der Waals surface area contributed by atoms with Crippen molar-refractivity contribution in [1.82, 2.24) is 5.32 Å². The summed E-state index contributed by atoms with van der Waals surface area (Å²) in [5.74, 6) is -1.36. The fourth-order valence-electron chi connectivity index (χ4n) is 3.17. The van der Waals surface area contributed by atoms with Crippen LogP contribution in [0.15, 0.2) is 48.5 Å². The Hall–Kier alpha value is -2.53. The molecule has 1 fully saturated rings. The molecule has 1 heterocycles. The molecule has 0 spiro atoms. The number of halogens is 1. The summed E-state index contributed by atoms with van der Waals surface area (Å²) in [7, 11) is 0. The number of nitrogens with one attached hydrogen (secondary N) is 2. The van der Waals surface area contributed by atoms with Gasteiger partial charge >= 0.3 is 11.8 Å². The minimum Gasteiger partial charge on any atom is -0.372 e. The van der Waals surface area contributed by atoms with E-state index in [1.54, 1.807) is 24.3 Å². The Morgan fingerprint density at radius 1 is 0.963 bits per heavy atom. The topological polar surface area (TPSA) is 61.4 Å². The van der Waals surface area contributed by atoms with Crippen molar-refractivity contribution < 1.29 is 9.59 Å². The van der Waals surface area contributed by atoms with E-state index in [2.05, 4.69) is 39.8 Å². The third-order valence-corrected chi connectivity index (χ3v) is 4.99. The highest BCUT2D eigenvalue weighted by molar-refractivity contribution is 6.41. The minimum absolute atomic E-state index is 0.399. The average molecular weight is 386 g/mol. The molecule has 142 valence electrons. The molecule has 0 saturated carbocycles. The predicted molar refractivity (Wildman–Crippen MR) is 109 cm³/mol. The molecule has 0 aromatic heterocycles. The molecule has 0 bridgehead atoms. The summed E-state index contributed by atoms with van der Waals surface area (Å²) in [5.41, 5.74) is 2.94. The Labute approximate surface area is 164 Å². The van der Waals surface area contributed by atoms with Crippen LogP contribution in [0.25, 0.3) is 0 Å². The molecule has 0 radical (unpaired) electrons. The molecule has 1 aliphatic rings. The molecule has 1 saturated heterocycles. The molecule has 0 aliphatic carbocycles. The first-order chi connectivity index (χ1) is 13.1. The fourth-order valence-corrected chi connectivity index (χ4v) is 3.35. The molecule has 6 heteroatoms. The zero-order valence-corrected chi connectivity index (χ0v) is 16.0. The first-order valence-corrected chi connectivity index (χ1v) is 9.69. The van der Waals surface area contributed by atoms with E-state index in [1.165, 1.54) is 24.1 Å². The van der Waals surface area contributed by atoms with Gasteiger partial charge in [0.05, 0.1) is 10.7 Å². The largest absolute Gasteiger partial charge is 0.372 e. The van der Waals surface area contributed by atoms with E-state index in [-0.39, 0.29) is 0 Å². The van der Waals surface area contributed by atoms with Crippen molar-refractivity contribution in [2.75, 3.05) is 29.9 Å². The standard InChI is InChI=1S/C21H24ClN3O2/c22-18-7-1-2-8-19(18)24-21(27)20(26)23-13-5-6-16-9-11-17(12-10-16)25-14-3-4-15-25/h1-2,7-12H,3-6,13-15H2,(H,23,26)(H,24,27). The first-order valence-electron chi connectivity index (χ1n) is 9.31. The van der Waals surface area contributed by atoms with E-state index >= 15 is 0 Å². The number of rotatable bonds is 6. The zero-order valence-electron chi connectivity index (χ0n) is 15.2. The van der Waals surface area contributed by atoms with Crippen LogP contribution in [0, 0.1) is 0 Å². The molecular weight excluding hydrogens is 362 g/mol. The maximum atomic E-state index is 11.9. The number of aryl methyl sites for hydroxylation is 1. The van der Waals surface area contributed by atoms with Crippen molar-refractivity contribution >= 4 is 34.8 Å². The van der Waals surface area contributed by atoms with Crippen LogP contribution in [0.3, 0.4) is 0 Å². The van der Waals surface area contributed by atoms with Gasteiger partial charge in [0.2, 0.25) is 0 Å². The lowest BCUT2D eigenvalue weighted by Gasteiger charge is -2.17. The highest BCUT2D eigenvalue weighted by atomic mass is 35.5. The lowest BCUT2D eigenvalue weighted by atomic mass is 10.1. The van der Waals surface area contributed by atoms with E-state index < -0.39 is 11.8 Å². The van der Waals surface area contributed by atoms with Crippen LogP contribution < -0.4 is 15.5 Å². The maximum absolute atomic E-state index is 11.9. The molecule has 2 N–H and O–H groups in total. The summed E-state index contributed by atoms with van der Waals surface area (Å²) >= 11 is 5.97. The quantitative estimate of drug-likeness (QED) is 0.589. The number of carbonyl (C=O) groups excluding carboxylic acids is 2. The number of amides is 2. The highest BCUT2D eigenvalue weighted by Crippen LogP contribution is 2.21. The SMILES string of the molecule is O=C(NCCCc1ccc(N2CCCC2)cc1)C(=O)Nc1ccccc1Cl. The summed E-state index contributed by atoms with van der Waals surface area (Å²) in [6.45, 7) is 2.73. The molecule has 0 unspecified atom stereocenters. The predicted octanol–water partition coefficient (Wildman–Crippen LogP) is 3.63. The van der Waals surface area contributed by atoms with E-state index in [0.29, 0.717) is 17.3 Å². The molecule has 5 nitrogen and oxygen atoms in total. The Morgan fingerprint density at radius 2 is 1.67 bits per heavy atom. The lowest BCUT2D eigenvalue weighted by Crippen LogP contribution is -2.36. The number of hydrogen-bond acceptors (Lipinski definition) is 3. The number of benzene rings is 2. The molecule has 2 aromatic rings. The second-order valence-corrected chi connectivity index (χ2v) is 7.06. The molecule has 1 aliphatic heterocycles. The Balaban J connectivity index is 1.38. The number of hydrogen-bond donors (Lipinski definition) is 2. The molecule has 27 heavy (non-hydrogen) atoms. The van der Waals surface area contributed by atoms with Crippen molar-refractivity contribution in [2.45, 2.75) is 25.7 Å². The maximum Gasteiger partial charge on any atom is 0.313 e. The number of para-hydroxylation sites is 1. The van der Waals surface area contributed by atoms with Gasteiger partial charge < -0.3 is 15.5 Å².